The lowest BCUT2D eigenvalue weighted by Gasteiger charge is -2.21. The number of hydrogen-bond acceptors (Lipinski definition) is 7. The molecule has 0 radical (unpaired) electrons. The summed E-state index contributed by atoms with van der Waals surface area (Å²) in [7, 11) is 4.77. The molecule has 0 saturated heterocycles. The predicted octanol–water partition coefficient (Wildman–Crippen LogP) is 2.26. The number of rotatable bonds is 15. The summed E-state index contributed by atoms with van der Waals surface area (Å²) < 4.78 is 15.5. The molecule has 212 valence electrons. The van der Waals surface area contributed by atoms with Crippen molar-refractivity contribution in [2.24, 2.45) is 0 Å². The maximum Gasteiger partial charge on any atom is 0.234 e. The van der Waals surface area contributed by atoms with Crippen molar-refractivity contribution >= 4 is 17.7 Å². The van der Waals surface area contributed by atoms with Gasteiger partial charge < -0.3 is 30.2 Å². The number of carbonyl (C=O) groups is 3. The first-order chi connectivity index (χ1) is 19.4. The predicted molar refractivity (Wildman–Crippen MR) is 151 cm³/mol. The van der Waals surface area contributed by atoms with E-state index < -0.39 is 0 Å². The summed E-state index contributed by atoms with van der Waals surface area (Å²) in [4.78, 5) is 39.7. The Labute approximate surface area is 234 Å². The minimum Gasteiger partial charge on any atom is -0.497 e. The molecular weight excluding hydrogens is 512 g/mol. The lowest BCUT2D eigenvalue weighted by Crippen LogP contribution is -2.46. The molecule has 3 amide bonds. The third-order valence-electron chi connectivity index (χ3n) is 6.05. The normalized spacial score (nSPS) is 10.5. The molecule has 10 nitrogen and oxygen atoms in total. The number of amides is 3. The molecule has 0 heterocycles. The van der Waals surface area contributed by atoms with Crippen LogP contribution >= 0.6 is 0 Å². The molecule has 3 N–H and O–H groups in total. The maximum atomic E-state index is 12.7. The fourth-order valence-electron chi connectivity index (χ4n) is 3.78. The molecule has 0 bridgehead atoms. The first-order valence-corrected chi connectivity index (χ1v) is 12.8. The number of nitrogens with zero attached hydrogens (tertiary/aromatic N) is 1. The van der Waals surface area contributed by atoms with Gasteiger partial charge in [0.15, 0.2) is 0 Å². The van der Waals surface area contributed by atoms with Crippen molar-refractivity contribution in [1.82, 2.24) is 20.9 Å². The van der Waals surface area contributed by atoms with Gasteiger partial charge in [-0.05, 0) is 53.1 Å². The van der Waals surface area contributed by atoms with Gasteiger partial charge in [0.05, 0.1) is 41.0 Å². The van der Waals surface area contributed by atoms with Crippen LogP contribution in [0.1, 0.15) is 16.7 Å². The van der Waals surface area contributed by atoms with Crippen molar-refractivity contribution in [2.45, 2.75) is 19.6 Å². The van der Waals surface area contributed by atoms with Crippen LogP contribution in [0.4, 0.5) is 0 Å². The Morgan fingerprint density at radius 1 is 0.500 bits per heavy atom. The van der Waals surface area contributed by atoms with Crippen molar-refractivity contribution in [1.29, 1.82) is 0 Å². The van der Waals surface area contributed by atoms with Crippen LogP contribution in [0.3, 0.4) is 0 Å². The molecule has 0 aliphatic carbocycles. The minimum absolute atomic E-state index is 0.123. The zero-order chi connectivity index (χ0) is 28.7. The summed E-state index contributed by atoms with van der Waals surface area (Å²) in [6, 6.07) is 22.0. The highest BCUT2D eigenvalue weighted by Gasteiger charge is 2.18. The van der Waals surface area contributed by atoms with E-state index in [-0.39, 0.29) is 37.4 Å². The monoisotopic (exact) mass is 548 g/mol. The van der Waals surface area contributed by atoms with Gasteiger partial charge in [0.1, 0.15) is 17.2 Å². The number of ether oxygens (including phenoxy) is 3. The Hall–Kier alpha value is -4.57. The number of hydrogen-bond donors (Lipinski definition) is 3. The van der Waals surface area contributed by atoms with Gasteiger partial charge in [-0.2, -0.15) is 0 Å². The van der Waals surface area contributed by atoms with E-state index in [0.717, 1.165) is 33.9 Å². The fourth-order valence-corrected chi connectivity index (χ4v) is 3.78. The lowest BCUT2D eigenvalue weighted by molar-refractivity contribution is -0.127. The molecule has 0 saturated carbocycles. The van der Waals surface area contributed by atoms with Gasteiger partial charge in [-0.15, -0.1) is 0 Å². The van der Waals surface area contributed by atoms with Gasteiger partial charge in [-0.3, -0.25) is 19.3 Å². The summed E-state index contributed by atoms with van der Waals surface area (Å²) >= 11 is 0. The van der Waals surface area contributed by atoms with Gasteiger partial charge in [-0.1, -0.05) is 36.4 Å². The molecule has 0 unspecified atom stereocenters. The molecule has 3 rings (SSSR count). The molecule has 40 heavy (non-hydrogen) atoms. The highest BCUT2D eigenvalue weighted by Crippen LogP contribution is 2.12. The number of carbonyl (C=O) groups excluding carboxylic acids is 3. The lowest BCUT2D eigenvalue weighted by atomic mass is 10.2. The van der Waals surface area contributed by atoms with Crippen LogP contribution in [0.15, 0.2) is 72.8 Å². The summed E-state index contributed by atoms with van der Waals surface area (Å²) in [5.41, 5.74) is 2.69. The average molecular weight is 549 g/mol. The van der Waals surface area contributed by atoms with E-state index in [1.165, 1.54) is 4.90 Å². The van der Waals surface area contributed by atoms with Crippen molar-refractivity contribution in [3.05, 3.63) is 89.5 Å². The smallest absolute Gasteiger partial charge is 0.234 e. The Morgan fingerprint density at radius 3 is 0.975 bits per heavy atom. The Morgan fingerprint density at radius 2 is 0.750 bits per heavy atom. The Balaban J connectivity index is 1.55. The number of nitrogens with one attached hydrogen (secondary N) is 3. The van der Waals surface area contributed by atoms with Crippen LogP contribution in [0.25, 0.3) is 0 Å². The first-order valence-electron chi connectivity index (χ1n) is 12.8. The average Bonchev–Trinajstić information content (AvgIpc) is 2.98. The van der Waals surface area contributed by atoms with E-state index in [2.05, 4.69) is 16.0 Å². The Bertz CT molecular complexity index is 1070. The quantitative estimate of drug-likeness (QED) is 0.267. The van der Waals surface area contributed by atoms with Crippen LogP contribution in [-0.2, 0) is 34.0 Å². The molecule has 0 aliphatic heterocycles. The fraction of sp³-hybridized carbons (Fsp3) is 0.300. The second-order valence-electron chi connectivity index (χ2n) is 9.02. The summed E-state index contributed by atoms with van der Waals surface area (Å²) in [5, 5.41) is 8.53. The summed E-state index contributed by atoms with van der Waals surface area (Å²) in [6.07, 6.45) is 0. The molecule has 0 fully saturated rings. The second kappa shape index (κ2) is 15.7. The first kappa shape index (κ1) is 30.0. The Kier molecular flexibility index (Phi) is 11.8. The molecule has 3 aromatic rings. The maximum absolute atomic E-state index is 12.7. The van der Waals surface area contributed by atoms with Crippen molar-refractivity contribution in [3.8, 4) is 17.2 Å². The van der Waals surface area contributed by atoms with E-state index in [4.69, 9.17) is 14.2 Å². The zero-order valence-corrected chi connectivity index (χ0v) is 23.1. The molecule has 10 heteroatoms. The molecule has 0 spiro atoms. The van der Waals surface area contributed by atoms with Crippen LogP contribution < -0.4 is 30.2 Å². The van der Waals surface area contributed by atoms with Gasteiger partial charge in [0, 0.05) is 19.6 Å². The molecule has 3 aromatic carbocycles. The van der Waals surface area contributed by atoms with E-state index in [1.54, 1.807) is 21.3 Å². The molecule has 0 aromatic heterocycles. The molecule has 0 atom stereocenters. The van der Waals surface area contributed by atoms with E-state index in [0.29, 0.717) is 19.6 Å². The van der Waals surface area contributed by atoms with Crippen molar-refractivity contribution in [2.75, 3.05) is 41.0 Å². The standard InChI is InChI=1S/C30H36N4O6/c1-38-25-10-4-22(5-11-25)16-31-28(35)19-34(20-29(36)32-17-23-6-12-26(39-2)13-7-23)21-30(37)33-18-24-8-14-27(40-3)15-9-24/h4-15H,16-21H2,1-3H3,(H,31,35)(H,32,36)(H,33,37). The van der Waals surface area contributed by atoms with Crippen LogP contribution in [0.5, 0.6) is 17.2 Å². The van der Waals surface area contributed by atoms with E-state index in [9.17, 15) is 14.4 Å². The molecular formula is C30H36N4O6. The third kappa shape index (κ3) is 10.3. The second-order valence-corrected chi connectivity index (χ2v) is 9.02. The number of benzene rings is 3. The van der Waals surface area contributed by atoms with Crippen LogP contribution in [0, 0.1) is 0 Å². The van der Waals surface area contributed by atoms with Gasteiger partial charge >= 0.3 is 0 Å². The summed E-state index contributed by atoms with van der Waals surface area (Å²) in [5.74, 6) is 1.26. The van der Waals surface area contributed by atoms with Crippen LogP contribution in [0.2, 0.25) is 0 Å². The largest absolute Gasteiger partial charge is 0.497 e. The van der Waals surface area contributed by atoms with Crippen molar-refractivity contribution < 1.29 is 28.6 Å². The van der Waals surface area contributed by atoms with E-state index in [1.807, 2.05) is 72.8 Å². The highest BCUT2D eigenvalue weighted by atomic mass is 16.5. The van der Waals surface area contributed by atoms with Gasteiger partial charge in [-0.25, -0.2) is 0 Å². The van der Waals surface area contributed by atoms with Crippen molar-refractivity contribution in [3.63, 3.8) is 0 Å². The summed E-state index contributed by atoms with van der Waals surface area (Å²) in [6.45, 7) is 0.560. The zero-order valence-electron chi connectivity index (χ0n) is 23.1. The third-order valence-corrected chi connectivity index (χ3v) is 6.05. The topological polar surface area (TPSA) is 118 Å². The number of methoxy groups -OCH3 is 3. The molecule has 0 aliphatic rings. The minimum atomic E-state index is -0.304. The highest BCUT2D eigenvalue weighted by molar-refractivity contribution is 5.84. The SMILES string of the molecule is COc1ccc(CNC(=O)CN(CC(=O)NCc2ccc(OC)cc2)CC(=O)NCc2ccc(OC)cc2)cc1. The van der Waals surface area contributed by atoms with Crippen LogP contribution in [-0.4, -0.2) is 63.6 Å². The van der Waals surface area contributed by atoms with Gasteiger partial charge in [0.25, 0.3) is 0 Å². The van der Waals surface area contributed by atoms with Gasteiger partial charge in [0.2, 0.25) is 17.7 Å². The van der Waals surface area contributed by atoms with E-state index >= 15 is 0 Å².